The lowest BCUT2D eigenvalue weighted by molar-refractivity contribution is 0.362. The van der Waals surface area contributed by atoms with Crippen LogP contribution in [0.15, 0.2) is 88.7 Å². The average Bonchev–Trinajstić information content (AvgIpc) is 3.56. The van der Waals surface area contributed by atoms with Gasteiger partial charge in [-0.25, -0.2) is 0 Å². The molecule has 0 bridgehead atoms. The van der Waals surface area contributed by atoms with E-state index in [9.17, 15) is 0 Å². The number of fused-ring (bicyclic) bond motifs is 10. The molecule has 0 saturated carbocycles. The van der Waals surface area contributed by atoms with Crippen LogP contribution in [0, 0.1) is 0 Å². The van der Waals surface area contributed by atoms with Crippen molar-refractivity contribution in [3.05, 3.63) is 84.2 Å². The van der Waals surface area contributed by atoms with E-state index >= 15 is 0 Å². The highest BCUT2D eigenvalue weighted by Gasteiger charge is 2.46. The minimum absolute atomic E-state index is 0.0160. The molecule has 0 unspecified atom stereocenters. The van der Waals surface area contributed by atoms with E-state index in [1.54, 1.807) is 11.3 Å². The molecule has 6 heterocycles. The summed E-state index contributed by atoms with van der Waals surface area (Å²) in [6.07, 6.45) is 0. The molecule has 38 heavy (non-hydrogen) atoms. The molecular formula is C30H14B2O5S. The lowest BCUT2D eigenvalue weighted by atomic mass is 9.32. The van der Waals surface area contributed by atoms with Crippen LogP contribution < -0.4 is 51.7 Å². The van der Waals surface area contributed by atoms with Gasteiger partial charge in [0.15, 0.2) is 5.06 Å². The largest absolute Gasteiger partial charge is 0.458 e. The summed E-state index contributed by atoms with van der Waals surface area (Å²) in [6, 6.07) is 26.6. The first-order chi connectivity index (χ1) is 18.8. The van der Waals surface area contributed by atoms with Gasteiger partial charge in [0.1, 0.15) is 40.1 Å². The van der Waals surface area contributed by atoms with Crippen molar-refractivity contribution in [2.75, 3.05) is 0 Å². The molecule has 8 heteroatoms. The predicted octanol–water partition coefficient (Wildman–Crippen LogP) is 3.95. The standard InChI is InChI=1S/C30H14B2O5S/c1-2-6-19-15(5-1)26-29(35-19)36-22-9-3-8-21-28(22)32(26)18-13-17-24(14-25(18)34-21)33-20-7-4-10-23-27(20)31(17)16-11-12-38-30(16)37-23/h1-14H. The Morgan fingerprint density at radius 3 is 2.03 bits per heavy atom. The van der Waals surface area contributed by atoms with Crippen LogP contribution in [-0.2, 0) is 0 Å². The summed E-state index contributed by atoms with van der Waals surface area (Å²) in [4.78, 5) is 0. The summed E-state index contributed by atoms with van der Waals surface area (Å²) in [5.74, 6) is 5.36. The molecule has 0 radical (unpaired) electrons. The van der Waals surface area contributed by atoms with Gasteiger partial charge in [-0.3, -0.25) is 0 Å². The molecule has 0 N–H and O–H groups in total. The third-order valence-corrected chi connectivity index (χ3v) is 8.90. The lowest BCUT2D eigenvalue weighted by Crippen LogP contribution is -2.61. The Kier molecular flexibility index (Phi) is 3.42. The SMILES string of the molecule is c1cc2c3c(c1)Oc1sccc1B3c1cc3c(cc1O2)Oc1cccc2c1B3c1c(oc3ccccc13)O2. The Morgan fingerprint density at radius 1 is 0.526 bits per heavy atom. The molecule has 4 aromatic carbocycles. The van der Waals surface area contributed by atoms with Crippen LogP contribution in [0.3, 0.4) is 0 Å². The molecule has 5 nitrogen and oxygen atoms in total. The topological polar surface area (TPSA) is 50.1 Å². The van der Waals surface area contributed by atoms with Crippen molar-refractivity contribution in [1.82, 2.24) is 0 Å². The van der Waals surface area contributed by atoms with Gasteiger partial charge in [-0.1, -0.05) is 42.5 Å². The smallest absolute Gasteiger partial charge is 0.285 e. The van der Waals surface area contributed by atoms with Crippen molar-refractivity contribution < 1.29 is 23.4 Å². The number of para-hydroxylation sites is 1. The van der Waals surface area contributed by atoms with Crippen LogP contribution in [0.2, 0.25) is 0 Å². The van der Waals surface area contributed by atoms with Crippen LogP contribution in [0.25, 0.3) is 11.0 Å². The van der Waals surface area contributed by atoms with Crippen molar-refractivity contribution in [3.8, 4) is 45.5 Å². The third kappa shape index (κ3) is 2.31. The maximum Gasteiger partial charge on any atom is 0.285 e. The van der Waals surface area contributed by atoms with Crippen molar-refractivity contribution in [2.45, 2.75) is 0 Å². The van der Waals surface area contributed by atoms with Gasteiger partial charge in [0, 0.05) is 27.8 Å². The van der Waals surface area contributed by atoms with E-state index in [1.807, 2.05) is 54.6 Å². The molecule has 0 fully saturated rings. The van der Waals surface area contributed by atoms with Gasteiger partial charge < -0.3 is 23.4 Å². The normalized spacial score (nSPS) is 14.5. The predicted molar refractivity (Wildman–Crippen MR) is 149 cm³/mol. The summed E-state index contributed by atoms with van der Waals surface area (Å²) in [7, 11) is 0. The molecule has 2 aromatic heterocycles. The van der Waals surface area contributed by atoms with Crippen molar-refractivity contribution in [1.29, 1.82) is 0 Å². The Bertz CT molecular complexity index is 2030. The number of hydrogen-bond donors (Lipinski definition) is 0. The summed E-state index contributed by atoms with van der Waals surface area (Å²) in [5, 5.41) is 4.08. The van der Waals surface area contributed by atoms with Crippen molar-refractivity contribution >= 4 is 68.5 Å². The second kappa shape index (κ2) is 6.65. The molecule has 0 atom stereocenters. The van der Waals surface area contributed by atoms with E-state index in [4.69, 9.17) is 23.4 Å². The molecule has 6 aromatic rings. The number of thiophene rings is 1. The number of hydrogen-bond acceptors (Lipinski definition) is 6. The molecule has 10 rings (SSSR count). The van der Waals surface area contributed by atoms with Crippen LogP contribution in [0.4, 0.5) is 0 Å². The molecule has 4 aliphatic rings. The molecular weight excluding hydrogens is 494 g/mol. The van der Waals surface area contributed by atoms with Gasteiger partial charge in [-0.05, 0) is 52.1 Å². The molecule has 176 valence electrons. The van der Waals surface area contributed by atoms with Gasteiger partial charge in [0.2, 0.25) is 0 Å². The highest BCUT2D eigenvalue weighted by Crippen LogP contribution is 2.40. The fourth-order valence-corrected chi connectivity index (χ4v) is 7.36. The van der Waals surface area contributed by atoms with Gasteiger partial charge >= 0.3 is 0 Å². The highest BCUT2D eigenvalue weighted by atomic mass is 32.1. The van der Waals surface area contributed by atoms with E-state index in [0.717, 1.165) is 77.8 Å². The van der Waals surface area contributed by atoms with Gasteiger partial charge in [-0.15, -0.1) is 11.3 Å². The van der Waals surface area contributed by atoms with Crippen LogP contribution in [0.5, 0.6) is 45.5 Å². The Morgan fingerprint density at radius 2 is 1.21 bits per heavy atom. The number of ether oxygens (including phenoxy) is 4. The van der Waals surface area contributed by atoms with Crippen LogP contribution >= 0.6 is 11.3 Å². The summed E-state index contributed by atoms with van der Waals surface area (Å²) < 4.78 is 31.8. The fourth-order valence-electron chi connectivity index (χ4n) is 6.56. The minimum atomic E-state index is -0.0962. The minimum Gasteiger partial charge on any atom is -0.458 e. The van der Waals surface area contributed by atoms with Crippen molar-refractivity contribution in [3.63, 3.8) is 0 Å². The quantitative estimate of drug-likeness (QED) is 0.291. The maximum atomic E-state index is 6.53. The summed E-state index contributed by atoms with van der Waals surface area (Å²) in [5.41, 5.74) is 7.30. The molecule has 0 amide bonds. The Hall–Kier alpha value is -4.55. The van der Waals surface area contributed by atoms with Gasteiger partial charge in [0.05, 0.1) is 0 Å². The maximum absolute atomic E-state index is 6.53. The van der Waals surface area contributed by atoms with Gasteiger partial charge in [0.25, 0.3) is 19.4 Å². The van der Waals surface area contributed by atoms with E-state index in [0.29, 0.717) is 5.95 Å². The first-order valence-electron chi connectivity index (χ1n) is 12.6. The van der Waals surface area contributed by atoms with E-state index < -0.39 is 0 Å². The zero-order chi connectivity index (χ0) is 24.5. The van der Waals surface area contributed by atoms with Gasteiger partial charge in [-0.2, -0.15) is 0 Å². The molecule has 4 aliphatic heterocycles. The second-order valence-corrected chi connectivity index (χ2v) is 10.9. The zero-order valence-corrected chi connectivity index (χ0v) is 20.5. The van der Waals surface area contributed by atoms with Crippen molar-refractivity contribution in [2.24, 2.45) is 0 Å². The fraction of sp³-hybridized carbons (Fsp3) is 0. The monoisotopic (exact) mass is 508 g/mol. The molecule has 0 saturated heterocycles. The molecule has 0 spiro atoms. The Labute approximate surface area is 221 Å². The second-order valence-electron chi connectivity index (χ2n) is 10.0. The van der Waals surface area contributed by atoms with E-state index in [-0.39, 0.29) is 13.4 Å². The number of rotatable bonds is 0. The number of benzene rings is 4. The first kappa shape index (κ1) is 19.5. The highest BCUT2D eigenvalue weighted by molar-refractivity contribution is 7.15. The van der Waals surface area contributed by atoms with E-state index in [2.05, 4.69) is 29.6 Å². The van der Waals surface area contributed by atoms with Crippen LogP contribution in [0.1, 0.15) is 0 Å². The zero-order valence-electron chi connectivity index (χ0n) is 19.7. The molecule has 0 aliphatic carbocycles. The summed E-state index contributed by atoms with van der Waals surface area (Å²) in [6.45, 7) is -0.0802. The average molecular weight is 508 g/mol. The third-order valence-electron chi connectivity index (χ3n) is 8.10. The summed E-state index contributed by atoms with van der Waals surface area (Å²) >= 11 is 1.62. The lowest BCUT2D eigenvalue weighted by Gasteiger charge is -2.35. The van der Waals surface area contributed by atoms with Crippen LogP contribution in [-0.4, -0.2) is 13.4 Å². The number of furan rings is 1. The van der Waals surface area contributed by atoms with E-state index in [1.165, 1.54) is 5.46 Å². The first-order valence-corrected chi connectivity index (χ1v) is 13.4. The Balaban J connectivity index is 1.27.